The molecule has 0 unspecified atom stereocenters. The number of para-hydroxylation sites is 1. The molecule has 3 rings (SSSR count). The lowest BCUT2D eigenvalue weighted by atomic mass is 10.1. The summed E-state index contributed by atoms with van der Waals surface area (Å²) in [4.78, 5) is 4.85. The predicted octanol–water partition coefficient (Wildman–Crippen LogP) is 5.79. The van der Waals surface area contributed by atoms with E-state index in [-0.39, 0.29) is 0 Å². The number of anilines is 1. The van der Waals surface area contributed by atoms with E-state index >= 15 is 0 Å². The zero-order valence-electron chi connectivity index (χ0n) is 12.8. The van der Waals surface area contributed by atoms with Crippen molar-refractivity contribution in [1.82, 2.24) is 0 Å². The van der Waals surface area contributed by atoms with Crippen molar-refractivity contribution in [2.24, 2.45) is 4.99 Å². The molecule has 0 saturated heterocycles. The number of aliphatic imine (C=N–C) groups is 1. The Labute approximate surface area is 150 Å². The van der Waals surface area contributed by atoms with E-state index < -0.39 is 0 Å². The van der Waals surface area contributed by atoms with E-state index in [0.29, 0.717) is 0 Å². The largest absolute Gasteiger partial charge is 0.340 e. The highest BCUT2D eigenvalue weighted by molar-refractivity contribution is 14.1. The fourth-order valence-electron chi connectivity index (χ4n) is 2.24. The van der Waals surface area contributed by atoms with E-state index in [2.05, 4.69) is 77.3 Å². The second kappa shape index (κ2) is 7.42. The first kappa shape index (κ1) is 15.7. The summed E-state index contributed by atoms with van der Waals surface area (Å²) in [6.45, 7) is 2.08. The summed E-state index contributed by atoms with van der Waals surface area (Å²) in [5.74, 6) is 0.848. The molecular formula is C20H17IN2. The van der Waals surface area contributed by atoms with Crippen LogP contribution in [0, 0.1) is 10.5 Å². The minimum Gasteiger partial charge on any atom is -0.340 e. The van der Waals surface area contributed by atoms with Crippen LogP contribution in [-0.2, 0) is 0 Å². The van der Waals surface area contributed by atoms with Gasteiger partial charge in [0.1, 0.15) is 5.84 Å². The van der Waals surface area contributed by atoms with Gasteiger partial charge >= 0.3 is 0 Å². The first-order valence-corrected chi connectivity index (χ1v) is 8.52. The van der Waals surface area contributed by atoms with Crippen LogP contribution in [0.3, 0.4) is 0 Å². The lowest BCUT2D eigenvalue weighted by Crippen LogP contribution is -2.13. The van der Waals surface area contributed by atoms with Gasteiger partial charge in [0.05, 0.1) is 5.69 Å². The van der Waals surface area contributed by atoms with Crippen molar-refractivity contribution in [3.63, 3.8) is 0 Å². The molecule has 0 aromatic heterocycles. The molecule has 0 aliphatic rings. The van der Waals surface area contributed by atoms with Gasteiger partial charge in [0, 0.05) is 14.8 Å². The number of nitrogens with zero attached hydrogens (tertiary/aromatic N) is 1. The number of nitrogens with one attached hydrogen (secondary N) is 1. The highest BCUT2D eigenvalue weighted by Gasteiger charge is 2.05. The number of amidine groups is 1. The van der Waals surface area contributed by atoms with Crippen molar-refractivity contribution in [2.45, 2.75) is 6.92 Å². The van der Waals surface area contributed by atoms with Crippen molar-refractivity contribution < 1.29 is 0 Å². The maximum Gasteiger partial charge on any atom is 0.138 e. The van der Waals surface area contributed by atoms with E-state index in [1.807, 2.05) is 36.4 Å². The average Bonchev–Trinajstić information content (AvgIpc) is 2.59. The van der Waals surface area contributed by atoms with Crippen LogP contribution in [0.15, 0.2) is 83.9 Å². The van der Waals surface area contributed by atoms with E-state index in [1.165, 1.54) is 3.57 Å². The van der Waals surface area contributed by atoms with Crippen molar-refractivity contribution >= 4 is 39.8 Å². The van der Waals surface area contributed by atoms with Gasteiger partial charge in [-0.1, -0.05) is 48.5 Å². The van der Waals surface area contributed by atoms with E-state index in [1.54, 1.807) is 0 Å². The zero-order valence-corrected chi connectivity index (χ0v) is 15.0. The minimum atomic E-state index is 0.848. The molecule has 0 saturated carbocycles. The summed E-state index contributed by atoms with van der Waals surface area (Å²) in [6.07, 6.45) is 0. The molecule has 0 bridgehead atoms. The van der Waals surface area contributed by atoms with Crippen molar-refractivity contribution in [3.05, 3.63) is 93.6 Å². The van der Waals surface area contributed by atoms with E-state index in [0.717, 1.165) is 28.3 Å². The molecule has 1 N–H and O–H groups in total. The predicted molar refractivity (Wildman–Crippen MR) is 107 cm³/mol. The first-order chi connectivity index (χ1) is 11.2. The highest BCUT2D eigenvalue weighted by atomic mass is 127. The quantitative estimate of drug-likeness (QED) is 0.329. The summed E-state index contributed by atoms with van der Waals surface area (Å²) in [6, 6.07) is 26.7. The Kier molecular flexibility index (Phi) is 5.08. The normalized spacial score (nSPS) is 11.3. The van der Waals surface area contributed by atoms with E-state index in [4.69, 9.17) is 4.99 Å². The van der Waals surface area contributed by atoms with Gasteiger partial charge in [0.15, 0.2) is 0 Å². The molecule has 2 nitrogen and oxygen atoms in total. The van der Waals surface area contributed by atoms with Crippen molar-refractivity contribution in [1.29, 1.82) is 0 Å². The van der Waals surface area contributed by atoms with Crippen molar-refractivity contribution in [2.75, 3.05) is 5.32 Å². The van der Waals surface area contributed by atoms with Gasteiger partial charge in [-0.15, -0.1) is 0 Å². The standard InChI is InChI=1S/C20H17IN2/c1-15-7-5-6-10-19(15)23-20(16-8-3-2-4-9-16)22-18-13-11-17(21)12-14-18/h2-14H,1H3,(H,22,23). The average molecular weight is 412 g/mol. The first-order valence-electron chi connectivity index (χ1n) is 7.45. The molecule has 0 spiro atoms. The number of hydrogen-bond donors (Lipinski definition) is 1. The molecule has 3 aromatic carbocycles. The number of aryl methyl sites for hydroxylation is 1. The van der Waals surface area contributed by atoms with Gasteiger partial charge in [-0.3, -0.25) is 0 Å². The molecular weight excluding hydrogens is 395 g/mol. The topological polar surface area (TPSA) is 24.4 Å². The molecule has 3 heteroatoms. The number of rotatable bonds is 3. The van der Waals surface area contributed by atoms with Gasteiger partial charge in [-0.05, 0) is 65.4 Å². The minimum absolute atomic E-state index is 0.848. The summed E-state index contributed by atoms with van der Waals surface area (Å²) in [5, 5.41) is 3.44. The highest BCUT2D eigenvalue weighted by Crippen LogP contribution is 2.20. The Hall–Kier alpha value is -2.14. The lowest BCUT2D eigenvalue weighted by Gasteiger charge is -2.11. The molecule has 3 aromatic rings. The van der Waals surface area contributed by atoms with Crippen LogP contribution in [0.4, 0.5) is 11.4 Å². The third-order valence-corrected chi connectivity index (χ3v) is 4.22. The Balaban J connectivity index is 2.00. The second-order valence-electron chi connectivity index (χ2n) is 5.24. The molecule has 0 aliphatic heterocycles. The fraction of sp³-hybridized carbons (Fsp3) is 0.0500. The number of halogens is 1. The molecule has 0 aliphatic carbocycles. The van der Waals surface area contributed by atoms with Crippen LogP contribution >= 0.6 is 22.6 Å². The summed E-state index contributed by atoms with van der Waals surface area (Å²) >= 11 is 2.31. The molecule has 0 fully saturated rings. The molecule has 0 amide bonds. The van der Waals surface area contributed by atoms with E-state index in [9.17, 15) is 0 Å². The van der Waals surface area contributed by atoms with Crippen molar-refractivity contribution in [3.8, 4) is 0 Å². The molecule has 114 valence electrons. The van der Waals surface area contributed by atoms with Gasteiger partial charge in [0.25, 0.3) is 0 Å². The Morgan fingerprint density at radius 1 is 0.826 bits per heavy atom. The Morgan fingerprint density at radius 3 is 2.17 bits per heavy atom. The third kappa shape index (κ3) is 4.20. The maximum absolute atomic E-state index is 4.85. The Bertz CT molecular complexity index is 809. The van der Waals surface area contributed by atoms with Crippen LogP contribution in [0.1, 0.15) is 11.1 Å². The monoisotopic (exact) mass is 412 g/mol. The van der Waals surface area contributed by atoms with Gasteiger partial charge < -0.3 is 5.32 Å². The summed E-state index contributed by atoms with van der Waals surface area (Å²) in [7, 11) is 0. The van der Waals surface area contributed by atoms with Crippen LogP contribution in [-0.4, -0.2) is 5.84 Å². The van der Waals surface area contributed by atoms with Crippen LogP contribution < -0.4 is 5.32 Å². The summed E-state index contributed by atoms with van der Waals surface area (Å²) < 4.78 is 1.21. The smallest absolute Gasteiger partial charge is 0.138 e. The lowest BCUT2D eigenvalue weighted by molar-refractivity contribution is 1.38. The van der Waals surface area contributed by atoms with Crippen LogP contribution in [0.25, 0.3) is 0 Å². The third-order valence-electron chi connectivity index (χ3n) is 3.50. The summed E-state index contributed by atoms with van der Waals surface area (Å²) in [5.41, 5.74) is 4.23. The molecule has 0 heterocycles. The van der Waals surface area contributed by atoms with Crippen LogP contribution in [0.5, 0.6) is 0 Å². The maximum atomic E-state index is 4.85. The Morgan fingerprint density at radius 2 is 1.48 bits per heavy atom. The van der Waals surface area contributed by atoms with Crippen LogP contribution in [0.2, 0.25) is 0 Å². The van der Waals surface area contributed by atoms with Gasteiger partial charge in [-0.2, -0.15) is 0 Å². The fourth-order valence-corrected chi connectivity index (χ4v) is 2.60. The molecule has 0 atom stereocenters. The SMILES string of the molecule is Cc1ccccc1N=C(Nc1ccc(I)cc1)c1ccccc1. The number of hydrogen-bond acceptors (Lipinski definition) is 1. The second-order valence-corrected chi connectivity index (χ2v) is 6.49. The van der Waals surface area contributed by atoms with Gasteiger partial charge in [-0.25, -0.2) is 4.99 Å². The number of benzene rings is 3. The molecule has 23 heavy (non-hydrogen) atoms. The van der Waals surface area contributed by atoms with Gasteiger partial charge in [0.2, 0.25) is 0 Å². The molecule has 0 radical (unpaired) electrons. The zero-order chi connectivity index (χ0) is 16.1.